The molecule has 1 amide bonds. The van der Waals surface area contributed by atoms with Crippen molar-refractivity contribution in [3.05, 3.63) is 20.8 Å². The average molecular weight is 376 g/mol. The van der Waals surface area contributed by atoms with Crippen molar-refractivity contribution in [3.8, 4) is 0 Å². The molecule has 0 saturated carbocycles. The van der Waals surface area contributed by atoms with Crippen LogP contribution in [0.3, 0.4) is 0 Å². The zero-order valence-electron chi connectivity index (χ0n) is 13.0. The lowest BCUT2D eigenvalue weighted by Gasteiger charge is -2.27. The van der Waals surface area contributed by atoms with Gasteiger partial charge in [-0.25, -0.2) is 4.79 Å². The predicted molar refractivity (Wildman–Crippen MR) is 88.6 cm³/mol. The Labute approximate surface area is 138 Å². The molecule has 118 valence electrons. The van der Waals surface area contributed by atoms with Crippen LogP contribution in [0.1, 0.15) is 50.7 Å². The second kappa shape index (κ2) is 7.40. The molecule has 1 aromatic heterocycles. The first-order valence-corrected chi connectivity index (χ1v) is 8.54. The number of amides is 1. The zero-order valence-corrected chi connectivity index (χ0v) is 15.4. The van der Waals surface area contributed by atoms with E-state index >= 15 is 0 Å². The van der Waals surface area contributed by atoms with E-state index in [0.717, 1.165) is 10.2 Å². The van der Waals surface area contributed by atoms with Gasteiger partial charge in [0, 0.05) is 0 Å². The molecule has 0 aliphatic heterocycles. The highest BCUT2D eigenvalue weighted by Gasteiger charge is 2.30. The Balaban J connectivity index is 2.83. The number of carbonyl (C=O) groups is 2. The molecule has 0 aliphatic rings. The minimum Gasteiger partial charge on any atom is -0.458 e. The summed E-state index contributed by atoms with van der Waals surface area (Å²) >= 11 is 4.66. The van der Waals surface area contributed by atoms with E-state index in [2.05, 4.69) is 21.2 Å². The summed E-state index contributed by atoms with van der Waals surface area (Å²) < 4.78 is 6.28. The van der Waals surface area contributed by atoms with E-state index in [1.165, 1.54) is 11.3 Å². The smallest absolute Gasteiger partial charge is 0.329 e. The second-order valence-electron chi connectivity index (χ2n) is 5.97. The molecule has 1 heterocycles. The van der Waals surface area contributed by atoms with Crippen LogP contribution in [0.5, 0.6) is 0 Å². The van der Waals surface area contributed by atoms with Gasteiger partial charge in [-0.1, -0.05) is 20.3 Å². The molecule has 0 aliphatic carbocycles. The zero-order chi connectivity index (χ0) is 16.2. The van der Waals surface area contributed by atoms with E-state index in [4.69, 9.17) is 4.74 Å². The van der Waals surface area contributed by atoms with Gasteiger partial charge in [0.2, 0.25) is 0 Å². The number of halogens is 1. The van der Waals surface area contributed by atoms with Gasteiger partial charge in [-0.05, 0) is 54.8 Å². The fourth-order valence-corrected chi connectivity index (χ4v) is 2.97. The van der Waals surface area contributed by atoms with Crippen LogP contribution >= 0.6 is 27.3 Å². The van der Waals surface area contributed by atoms with Gasteiger partial charge in [-0.2, -0.15) is 0 Å². The Morgan fingerprint density at radius 2 is 2.00 bits per heavy atom. The van der Waals surface area contributed by atoms with Gasteiger partial charge < -0.3 is 10.1 Å². The normalized spacial score (nSPS) is 14.4. The molecule has 0 fully saturated rings. The van der Waals surface area contributed by atoms with Crippen molar-refractivity contribution in [1.82, 2.24) is 5.32 Å². The Morgan fingerprint density at radius 1 is 1.38 bits per heavy atom. The third kappa shape index (κ3) is 5.79. The molecule has 6 heteroatoms. The predicted octanol–water partition coefficient (Wildman–Crippen LogP) is 4.00. The summed E-state index contributed by atoms with van der Waals surface area (Å²) in [5.41, 5.74) is -0.570. The van der Waals surface area contributed by atoms with Crippen molar-refractivity contribution in [1.29, 1.82) is 0 Å². The number of hydrogen-bond acceptors (Lipinski definition) is 4. The van der Waals surface area contributed by atoms with Crippen LogP contribution in [0.25, 0.3) is 0 Å². The van der Waals surface area contributed by atoms with Crippen LogP contribution in [0.2, 0.25) is 0 Å². The van der Waals surface area contributed by atoms with Crippen LogP contribution in [0.4, 0.5) is 0 Å². The van der Waals surface area contributed by atoms with Crippen LogP contribution < -0.4 is 5.32 Å². The lowest BCUT2D eigenvalue weighted by molar-refractivity contribution is -0.158. The van der Waals surface area contributed by atoms with Crippen molar-refractivity contribution in [3.63, 3.8) is 0 Å². The first kappa shape index (κ1) is 18.2. The molecular weight excluding hydrogens is 354 g/mol. The summed E-state index contributed by atoms with van der Waals surface area (Å²) in [4.78, 5) is 25.1. The summed E-state index contributed by atoms with van der Waals surface area (Å²) in [7, 11) is 0. The molecule has 0 spiro atoms. The van der Waals surface area contributed by atoms with Gasteiger partial charge in [-0.15, -0.1) is 11.3 Å². The SMILES string of the molecule is CC[C@H](C)[C@H](NC(=O)c1ccc(Br)s1)C(=O)OC(C)(C)C. The summed E-state index contributed by atoms with van der Waals surface area (Å²) in [6, 6.07) is 2.90. The van der Waals surface area contributed by atoms with Gasteiger partial charge in [0.1, 0.15) is 11.6 Å². The molecule has 2 atom stereocenters. The fourth-order valence-electron chi connectivity index (χ4n) is 1.68. The van der Waals surface area contributed by atoms with Gasteiger partial charge in [0.05, 0.1) is 8.66 Å². The van der Waals surface area contributed by atoms with E-state index in [1.807, 2.05) is 40.7 Å². The molecule has 0 aromatic carbocycles. The summed E-state index contributed by atoms with van der Waals surface area (Å²) in [6.45, 7) is 9.36. The number of nitrogens with one attached hydrogen (secondary N) is 1. The van der Waals surface area contributed by atoms with E-state index in [1.54, 1.807) is 6.07 Å². The largest absolute Gasteiger partial charge is 0.458 e. The molecule has 4 nitrogen and oxygen atoms in total. The Kier molecular flexibility index (Phi) is 6.41. The highest BCUT2D eigenvalue weighted by molar-refractivity contribution is 9.11. The van der Waals surface area contributed by atoms with Gasteiger partial charge in [0.15, 0.2) is 0 Å². The van der Waals surface area contributed by atoms with Crippen molar-refractivity contribution >= 4 is 39.1 Å². The second-order valence-corrected chi connectivity index (χ2v) is 8.44. The Hall–Kier alpha value is -0.880. The monoisotopic (exact) mass is 375 g/mol. The maximum Gasteiger partial charge on any atom is 0.329 e. The topological polar surface area (TPSA) is 55.4 Å². The van der Waals surface area contributed by atoms with E-state index in [9.17, 15) is 9.59 Å². The van der Waals surface area contributed by atoms with E-state index in [-0.39, 0.29) is 17.8 Å². The number of ether oxygens (including phenoxy) is 1. The maximum absolute atomic E-state index is 12.3. The molecule has 0 unspecified atom stereocenters. The summed E-state index contributed by atoms with van der Waals surface area (Å²) in [5, 5.41) is 2.80. The van der Waals surface area contributed by atoms with E-state index in [0.29, 0.717) is 4.88 Å². The van der Waals surface area contributed by atoms with Crippen LogP contribution in [0.15, 0.2) is 15.9 Å². The first-order chi connectivity index (χ1) is 9.64. The molecule has 1 N–H and O–H groups in total. The van der Waals surface area contributed by atoms with Crippen molar-refractivity contribution < 1.29 is 14.3 Å². The van der Waals surface area contributed by atoms with Crippen molar-refractivity contribution in [2.75, 3.05) is 0 Å². The number of esters is 1. The van der Waals surface area contributed by atoms with Crippen molar-refractivity contribution in [2.24, 2.45) is 5.92 Å². The lowest BCUT2D eigenvalue weighted by Crippen LogP contribution is -2.47. The lowest BCUT2D eigenvalue weighted by atomic mass is 9.99. The summed E-state index contributed by atoms with van der Waals surface area (Å²) in [6.07, 6.45) is 0.776. The number of hydrogen-bond donors (Lipinski definition) is 1. The fraction of sp³-hybridized carbons (Fsp3) is 0.600. The van der Waals surface area contributed by atoms with Crippen LogP contribution in [-0.4, -0.2) is 23.5 Å². The highest BCUT2D eigenvalue weighted by Crippen LogP contribution is 2.22. The third-order valence-corrected chi connectivity index (χ3v) is 4.58. The molecule has 0 saturated heterocycles. The molecule has 21 heavy (non-hydrogen) atoms. The first-order valence-electron chi connectivity index (χ1n) is 6.93. The maximum atomic E-state index is 12.3. The van der Waals surface area contributed by atoms with Crippen LogP contribution in [0, 0.1) is 5.92 Å². The van der Waals surface area contributed by atoms with Gasteiger partial charge >= 0.3 is 5.97 Å². The van der Waals surface area contributed by atoms with E-state index < -0.39 is 11.6 Å². The molecule has 1 rings (SSSR count). The van der Waals surface area contributed by atoms with Crippen LogP contribution in [-0.2, 0) is 9.53 Å². The van der Waals surface area contributed by atoms with Gasteiger partial charge in [0.25, 0.3) is 5.91 Å². The quantitative estimate of drug-likeness (QED) is 0.791. The van der Waals surface area contributed by atoms with Crippen molar-refractivity contribution in [2.45, 2.75) is 52.7 Å². The molecule has 0 bridgehead atoms. The Bertz CT molecular complexity index is 507. The minimum atomic E-state index is -0.636. The molecular formula is C15H22BrNO3S. The third-order valence-electron chi connectivity index (χ3n) is 2.96. The number of rotatable bonds is 5. The number of carbonyl (C=O) groups excluding carboxylic acids is 2. The summed E-state index contributed by atoms with van der Waals surface area (Å²) in [5.74, 6) is -0.630. The standard InChI is InChI=1S/C15H22BrNO3S/c1-6-9(2)12(14(19)20-15(3,4)5)17-13(18)10-7-8-11(16)21-10/h7-9,12H,6H2,1-5H3,(H,17,18)/t9-,12-/m0/s1. The Morgan fingerprint density at radius 3 is 2.43 bits per heavy atom. The van der Waals surface area contributed by atoms with Gasteiger partial charge in [-0.3, -0.25) is 4.79 Å². The molecule has 0 radical (unpaired) electrons. The average Bonchev–Trinajstić information content (AvgIpc) is 2.79. The molecule has 1 aromatic rings. The highest BCUT2D eigenvalue weighted by atomic mass is 79.9. The minimum absolute atomic E-state index is 0.00667. The number of thiophene rings is 1.